The lowest BCUT2D eigenvalue weighted by Gasteiger charge is -2.32. The number of ether oxygens (including phenoxy) is 1. The van der Waals surface area contributed by atoms with E-state index in [1.807, 2.05) is 13.8 Å². The lowest BCUT2D eigenvalue weighted by atomic mass is 9.98. The molecule has 0 spiro atoms. The van der Waals surface area contributed by atoms with Crippen LogP contribution in [0, 0.1) is 5.92 Å². The molecule has 3 rings (SSSR count). The number of piperidine rings is 1. The Morgan fingerprint density at radius 3 is 2.34 bits per heavy atom. The van der Waals surface area contributed by atoms with Crippen LogP contribution in [0.1, 0.15) is 51.6 Å². The van der Waals surface area contributed by atoms with Crippen molar-refractivity contribution in [3.05, 3.63) is 59.1 Å². The van der Waals surface area contributed by atoms with Crippen LogP contribution >= 0.6 is 11.6 Å². The molecule has 4 nitrogen and oxygen atoms in total. The highest BCUT2D eigenvalue weighted by Gasteiger charge is 2.21. The lowest BCUT2D eigenvalue weighted by molar-refractivity contribution is -0.128. The topological polar surface area (TPSA) is 41.6 Å². The summed E-state index contributed by atoms with van der Waals surface area (Å²) in [6.07, 6.45) is 2.56. The van der Waals surface area contributed by atoms with Crippen LogP contribution in [0.15, 0.2) is 48.5 Å². The number of halogens is 1. The zero-order chi connectivity index (χ0) is 20.8. The summed E-state index contributed by atoms with van der Waals surface area (Å²) in [5.74, 6) is 1.36. The van der Waals surface area contributed by atoms with Gasteiger partial charge in [0.25, 0.3) is 5.91 Å². The van der Waals surface area contributed by atoms with Gasteiger partial charge >= 0.3 is 0 Å². The first-order valence-electron chi connectivity index (χ1n) is 10.5. The second-order valence-electron chi connectivity index (χ2n) is 7.96. The number of amides is 1. The van der Waals surface area contributed by atoms with Crippen molar-refractivity contribution in [2.24, 2.45) is 5.92 Å². The van der Waals surface area contributed by atoms with E-state index in [0.717, 1.165) is 24.6 Å². The number of benzene rings is 2. The van der Waals surface area contributed by atoms with Crippen LogP contribution < -0.4 is 15.0 Å². The van der Waals surface area contributed by atoms with Gasteiger partial charge in [0.15, 0.2) is 6.10 Å². The number of hydrogen-bond donors (Lipinski definition) is 1. The van der Waals surface area contributed by atoms with E-state index in [9.17, 15) is 4.79 Å². The number of hydrogen-bond acceptors (Lipinski definition) is 3. The molecule has 0 saturated carbocycles. The summed E-state index contributed by atoms with van der Waals surface area (Å²) in [4.78, 5) is 15.1. The molecule has 156 valence electrons. The second kappa shape index (κ2) is 10.0. The molecular weight excluding hydrogens is 384 g/mol. The number of carbonyl (C=O) groups excluding carboxylic acids is 1. The number of carbonyl (C=O) groups is 1. The molecule has 0 bridgehead atoms. The third-order valence-electron chi connectivity index (χ3n) is 5.66. The van der Waals surface area contributed by atoms with Crippen molar-refractivity contribution in [3.63, 3.8) is 0 Å². The first-order valence-corrected chi connectivity index (χ1v) is 10.9. The zero-order valence-corrected chi connectivity index (χ0v) is 18.3. The van der Waals surface area contributed by atoms with Crippen molar-refractivity contribution in [3.8, 4) is 5.75 Å². The first-order chi connectivity index (χ1) is 14.0. The predicted octanol–water partition coefficient (Wildman–Crippen LogP) is 5.61. The van der Waals surface area contributed by atoms with E-state index < -0.39 is 6.10 Å². The second-order valence-corrected chi connectivity index (χ2v) is 8.40. The smallest absolute Gasteiger partial charge is 0.261 e. The highest BCUT2D eigenvalue weighted by atomic mass is 35.5. The minimum atomic E-state index is -0.534. The molecular formula is C24H31ClN2O2. The van der Waals surface area contributed by atoms with Crippen LogP contribution in [0.2, 0.25) is 5.02 Å². The molecule has 1 heterocycles. The Labute approximate surface area is 179 Å². The van der Waals surface area contributed by atoms with E-state index in [1.165, 1.54) is 18.5 Å². The fourth-order valence-corrected chi connectivity index (χ4v) is 3.76. The van der Waals surface area contributed by atoms with Gasteiger partial charge in [-0.25, -0.2) is 0 Å². The predicted molar refractivity (Wildman–Crippen MR) is 120 cm³/mol. The van der Waals surface area contributed by atoms with Crippen molar-refractivity contribution < 1.29 is 9.53 Å². The molecule has 0 radical (unpaired) electrons. The number of rotatable bonds is 7. The van der Waals surface area contributed by atoms with Gasteiger partial charge in [0.2, 0.25) is 0 Å². The van der Waals surface area contributed by atoms with Crippen LogP contribution in [0.3, 0.4) is 0 Å². The molecule has 2 aromatic carbocycles. The van der Waals surface area contributed by atoms with Crippen LogP contribution in [0.5, 0.6) is 5.75 Å². The molecule has 1 fully saturated rings. The monoisotopic (exact) mass is 414 g/mol. The minimum Gasteiger partial charge on any atom is -0.481 e. The van der Waals surface area contributed by atoms with Crippen molar-refractivity contribution in [1.29, 1.82) is 0 Å². The Morgan fingerprint density at radius 1 is 1.14 bits per heavy atom. The number of anilines is 1. The summed E-state index contributed by atoms with van der Waals surface area (Å²) in [7, 11) is 0. The van der Waals surface area contributed by atoms with Gasteiger partial charge in [0.1, 0.15) is 5.75 Å². The van der Waals surface area contributed by atoms with Gasteiger partial charge in [-0.2, -0.15) is 0 Å². The Hall–Kier alpha value is -2.20. The average molecular weight is 415 g/mol. The number of nitrogens with zero attached hydrogens (tertiary/aromatic N) is 1. The lowest BCUT2D eigenvalue weighted by Crippen LogP contribution is -2.39. The Morgan fingerprint density at radius 2 is 1.76 bits per heavy atom. The van der Waals surface area contributed by atoms with E-state index in [2.05, 4.69) is 41.4 Å². The van der Waals surface area contributed by atoms with Gasteiger partial charge in [0, 0.05) is 23.8 Å². The highest BCUT2D eigenvalue weighted by molar-refractivity contribution is 6.30. The third-order valence-corrected chi connectivity index (χ3v) is 5.91. The van der Waals surface area contributed by atoms with Gasteiger partial charge in [-0.1, -0.05) is 37.6 Å². The Kier molecular flexibility index (Phi) is 7.43. The molecule has 2 aromatic rings. The molecule has 1 amide bonds. The fourth-order valence-electron chi connectivity index (χ4n) is 3.63. The van der Waals surface area contributed by atoms with Crippen LogP contribution in [-0.2, 0) is 4.79 Å². The first kappa shape index (κ1) is 21.5. The largest absolute Gasteiger partial charge is 0.481 e. The third kappa shape index (κ3) is 5.89. The van der Waals surface area contributed by atoms with E-state index >= 15 is 0 Å². The van der Waals surface area contributed by atoms with Gasteiger partial charge in [-0.15, -0.1) is 0 Å². The maximum absolute atomic E-state index is 12.7. The van der Waals surface area contributed by atoms with E-state index in [1.54, 1.807) is 24.3 Å². The molecule has 0 aliphatic carbocycles. The Balaban J connectivity index is 1.57. The summed E-state index contributed by atoms with van der Waals surface area (Å²) in [5.41, 5.74) is 2.35. The van der Waals surface area contributed by atoms with Gasteiger partial charge < -0.3 is 15.0 Å². The molecule has 29 heavy (non-hydrogen) atoms. The summed E-state index contributed by atoms with van der Waals surface area (Å²) in [6, 6.07) is 15.5. The summed E-state index contributed by atoms with van der Waals surface area (Å²) >= 11 is 5.91. The van der Waals surface area contributed by atoms with E-state index in [-0.39, 0.29) is 11.9 Å². The molecule has 1 N–H and O–H groups in total. The van der Waals surface area contributed by atoms with Gasteiger partial charge in [-0.05, 0) is 74.1 Å². The number of nitrogens with one attached hydrogen (secondary N) is 1. The highest BCUT2D eigenvalue weighted by Crippen LogP contribution is 2.25. The maximum atomic E-state index is 12.7. The van der Waals surface area contributed by atoms with E-state index in [4.69, 9.17) is 16.3 Å². The Bertz CT molecular complexity index is 784. The average Bonchev–Trinajstić information content (AvgIpc) is 2.74. The normalized spacial score (nSPS) is 16.9. The molecule has 1 aliphatic rings. The quantitative estimate of drug-likeness (QED) is 0.640. The van der Waals surface area contributed by atoms with E-state index in [0.29, 0.717) is 17.2 Å². The van der Waals surface area contributed by atoms with Crippen LogP contribution in [0.25, 0.3) is 0 Å². The minimum absolute atomic E-state index is 0.0826. The summed E-state index contributed by atoms with van der Waals surface area (Å²) in [5, 5.41) is 3.72. The zero-order valence-electron chi connectivity index (χ0n) is 17.5. The SMILES string of the molecule is CC[C@@H](Oc1ccc(Cl)cc1)C(=O)N[C@H](C)c1ccc(N2CCC(C)CC2)cc1. The molecule has 0 unspecified atom stereocenters. The maximum Gasteiger partial charge on any atom is 0.261 e. The van der Waals surface area contributed by atoms with Crippen LogP contribution in [0.4, 0.5) is 5.69 Å². The fraction of sp³-hybridized carbons (Fsp3) is 0.458. The molecule has 5 heteroatoms. The van der Waals surface area contributed by atoms with Crippen molar-refractivity contribution in [2.45, 2.75) is 52.2 Å². The van der Waals surface area contributed by atoms with Crippen molar-refractivity contribution in [2.75, 3.05) is 18.0 Å². The summed E-state index contributed by atoms with van der Waals surface area (Å²) < 4.78 is 5.85. The van der Waals surface area contributed by atoms with Crippen LogP contribution in [-0.4, -0.2) is 25.1 Å². The molecule has 0 aromatic heterocycles. The summed E-state index contributed by atoms with van der Waals surface area (Å²) in [6.45, 7) is 8.51. The molecule has 1 aliphatic heterocycles. The van der Waals surface area contributed by atoms with Gasteiger partial charge in [0.05, 0.1) is 6.04 Å². The van der Waals surface area contributed by atoms with Crippen molar-refractivity contribution in [1.82, 2.24) is 5.32 Å². The van der Waals surface area contributed by atoms with Gasteiger partial charge in [-0.3, -0.25) is 4.79 Å². The molecule has 2 atom stereocenters. The molecule has 1 saturated heterocycles. The van der Waals surface area contributed by atoms with Crippen molar-refractivity contribution >= 4 is 23.2 Å². The standard InChI is InChI=1S/C24H31ClN2O2/c1-4-23(29-22-11-7-20(25)8-12-22)24(28)26-18(3)19-5-9-21(10-6-19)27-15-13-17(2)14-16-27/h5-12,17-18,23H,4,13-16H2,1-3H3,(H,26,28)/t18-,23-/m1/s1.